The normalized spacial score (nSPS) is 11.5. The summed E-state index contributed by atoms with van der Waals surface area (Å²) >= 11 is 8.17. The van der Waals surface area contributed by atoms with Gasteiger partial charge in [0.05, 0.1) is 4.90 Å². The van der Waals surface area contributed by atoms with Crippen LogP contribution in [0.5, 0.6) is 0 Å². The molecule has 0 heterocycles. The van der Waals surface area contributed by atoms with Gasteiger partial charge >= 0.3 is 0 Å². The highest BCUT2D eigenvalue weighted by Crippen LogP contribution is 2.25. The van der Waals surface area contributed by atoms with E-state index in [1.807, 2.05) is 30.3 Å². The lowest BCUT2D eigenvalue weighted by atomic mass is 10.4. The molecule has 0 fully saturated rings. The summed E-state index contributed by atoms with van der Waals surface area (Å²) in [6, 6.07) is 15.0. The van der Waals surface area contributed by atoms with Crippen LogP contribution in [-0.2, 0) is 10.0 Å². The number of hydrogen-bond acceptors (Lipinski definition) is 3. The summed E-state index contributed by atoms with van der Waals surface area (Å²) < 4.78 is 28.4. The van der Waals surface area contributed by atoms with E-state index in [0.29, 0.717) is 16.8 Å². The number of rotatable bonds is 6. The molecule has 0 aliphatic heterocycles. The van der Waals surface area contributed by atoms with Crippen molar-refractivity contribution in [2.45, 2.75) is 9.79 Å². The van der Waals surface area contributed by atoms with Gasteiger partial charge in [0.25, 0.3) is 0 Å². The summed E-state index contributed by atoms with van der Waals surface area (Å²) in [7, 11) is -3.51. The average Bonchev–Trinajstić information content (AvgIpc) is 2.47. The number of hydrogen-bond donors (Lipinski definition) is 1. The first-order valence-electron chi connectivity index (χ1n) is 6.11. The minimum atomic E-state index is -3.51. The molecule has 0 aromatic heterocycles. The smallest absolute Gasteiger partial charge is 0.210 e. The molecule has 0 saturated carbocycles. The van der Waals surface area contributed by atoms with Crippen molar-refractivity contribution in [2.24, 2.45) is 0 Å². The van der Waals surface area contributed by atoms with Crippen molar-refractivity contribution < 1.29 is 8.42 Å². The Labute approximate surface area is 145 Å². The van der Waals surface area contributed by atoms with Crippen LogP contribution in [0.4, 0.5) is 0 Å². The Hall–Kier alpha value is -0.340. The second kappa shape index (κ2) is 7.78. The molecule has 0 spiro atoms. The van der Waals surface area contributed by atoms with E-state index in [0.717, 1.165) is 9.37 Å². The number of nitrogens with one attached hydrogen (secondary N) is 1. The average molecular weight is 451 g/mol. The zero-order valence-electron chi connectivity index (χ0n) is 10.9. The number of halogens is 2. The molecule has 0 aliphatic carbocycles. The summed E-state index contributed by atoms with van der Waals surface area (Å²) in [5, 5.41) is 0. The van der Waals surface area contributed by atoms with Crippen LogP contribution in [0.3, 0.4) is 0 Å². The minimum absolute atomic E-state index is 0.238. The van der Waals surface area contributed by atoms with Crippen LogP contribution < -0.4 is 4.72 Å². The summed E-state index contributed by atoms with van der Waals surface area (Å²) in [4.78, 5) is 1.36. The lowest BCUT2D eigenvalue weighted by molar-refractivity contribution is 0.583. The molecule has 21 heavy (non-hydrogen) atoms. The summed E-state index contributed by atoms with van der Waals surface area (Å²) in [5.74, 6) is 0.675. The Kier molecular flexibility index (Phi) is 6.31. The topological polar surface area (TPSA) is 46.2 Å². The molecule has 3 nitrogen and oxygen atoms in total. The second-order valence-corrected chi connectivity index (χ2v) is 8.81. The van der Waals surface area contributed by atoms with E-state index in [2.05, 4.69) is 36.6 Å². The lowest BCUT2D eigenvalue weighted by Gasteiger charge is -2.09. The van der Waals surface area contributed by atoms with Gasteiger partial charge in [-0.25, -0.2) is 13.1 Å². The molecule has 0 unspecified atom stereocenters. The largest absolute Gasteiger partial charge is 0.241 e. The zero-order valence-corrected chi connectivity index (χ0v) is 15.7. The quantitative estimate of drug-likeness (QED) is 0.527. The third-order valence-electron chi connectivity index (χ3n) is 2.59. The van der Waals surface area contributed by atoms with Gasteiger partial charge in [0.15, 0.2) is 0 Å². The van der Waals surface area contributed by atoms with Crippen LogP contribution in [-0.4, -0.2) is 20.7 Å². The Morgan fingerprint density at radius 1 is 1.05 bits per heavy atom. The van der Waals surface area contributed by atoms with Crippen LogP contribution >= 0.6 is 43.6 Å². The molecule has 7 heteroatoms. The highest BCUT2D eigenvalue weighted by atomic mass is 79.9. The molecule has 0 saturated heterocycles. The van der Waals surface area contributed by atoms with Gasteiger partial charge in [-0.05, 0) is 46.3 Å². The van der Waals surface area contributed by atoms with Gasteiger partial charge in [-0.1, -0.05) is 34.1 Å². The van der Waals surface area contributed by atoms with E-state index in [-0.39, 0.29) is 4.90 Å². The van der Waals surface area contributed by atoms with Crippen LogP contribution in [0.1, 0.15) is 0 Å². The van der Waals surface area contributed by atoms with Crippen molar-refractivity contribution >= 4 is 53.6 Å². The molecule has 2 rings (SSSR count). The van der Waals surface area contributed by atoms with Crippen molar-refractivity contribution in [3.05, 3.63) is 57.5 Å². The Bertz CT molecular complexity index is 706. The summed E-state index contributed by atoms with van der Waals surface area (Å²) in [5.41, 5.74) is 0. The maximum absolute atomic E-state index is 12.2. The van der Waals surface area contributed by atoms with Crippen molar-refractivity contribution in [3.63, 3.8) is 0 Å². The first kappa shape index (κ1) is 17.0. The van der Waals surface area contributed by atoms with Crippen LogP contribution in [0.25, 0.3) is 0 Å². The van der Waals surface area contributed by atoms with Gasteiger partial charge in [-0.15, -0.1) is 11.8 Å². The number of benzene rings is 2. The molecule has 112 valence electrons. The maximum atomic E-state index is 12.2. The molecule has 0 radical (unpaired) electrons. The molecule has 2 aromatic rings. The van der Waals surface area contributed by atoms with E-state index in [1.165, 1.54) is 0 Å². The molecular weight excluding hydrogens is 438 g/mol. The van der Waals surface area contributed by atoms with Crippen LogP contribution in [0.15, 0.2) is 67.3 Å². The molecule has 2 aromatic carbocycles. The minimum Gasteiger partial charge on any atom is -0.210 e. The molecule has 0 amide bonds. The third kappa shape index (κ3) is 5.10. The number of sulfonamides is 1. The highest BCUT2D eigenvalue weighted by Gasteiger charge is 2.17. The monoisotopic (exact) mass is 449 g/mol. The molecule has 0 atom stereocenters. The van der Waals surface area contributed by atoms with E-state index < -0.39 is 10.0 Å². The van der Waals surface area contributed by atoms with E-state index >= 15 is 0 Å². The second-order valence-electron chi connectivity index (χ2n) is 4.13. The third-order valence-corrected chi connectivity index (χ3v) is 6.55. The van der Waals surface area contributed by atoms with E-state index in [9.17, 15) is 8.42 Å². The van der Waals surface area contributed by atoms with Gasteiger partial charge in [0.1, 0.15) is 0 Å². The summed E-state index contributed by atoms with van der Waals surface area (Å²) in [6.45, 7) is 0.376. The van der Waals surface area contributed by atoms with Gasteiger partial charge in [0, 0.05) is 26.1 Å². The van der Waals surface area contributed by atoms with Gasteiger partial charge < -0.3 is 0 Å². The van der Waals surface area contributed by atoms with Crippen LogP contribution in [0.2, 0.25) is 0 Å². The fraction of sp³-hybridized carbons (Fsp3) is 0.143. The molecular formula is C14H13Br2NO2S2. The Morgan fingerprint density at radius 3 is 2.48 bits per heavy atom. The SMILES string of the molecule is O=S(=O)(NCCSc1ccccc1)c1cc(Br)ccc1Br. The van der Waals surface area contributed by atoms with Gasteiger partial charge in [0.2, 0.25) is 10.0 Å². The lowest BCUT2D eigenvalue weighted by Crippen LogP contribution is -2.26. The first-order valence-corrected chi connectivity index (χ1v) is 10.2. The predicted octanol–water partition coefficient (Wildman–Crippen LogP) is 4.28. The summed E-state index contributed by atoms with van der Waals surface area (Å²) in [6.07, 6.45) is 0. The van der Waals surface area contributed by atoms with Crippen molar-refractivity contribution in [3.8, 4) is 0 Å². The fourth-order valence-electron chi connectivity index (χ4n) is 1.62. The van der Waals surface area contributed by atoms with E-state index in [1.54, 1.807) is 30.0 Å². The Morgan fingerprint density at radius 2 is 1.76 bits per heavy atom. The van der Waals surface area contributed by atoms with Crippen molar-refractivity contribution in [1.82, 2.24) is 4.72 Å². The van der Waals surface area contributed by atoms with Gasteiger partial charge in [-0.2, -0.15) is 0 Å². The maximum Gasteiger partial charge on any atom is 0.241 e. The molecule has 1 N–H and O–H groups in total. The molecule has 0 bridgehead atoms. The van der Waals surface area contributed by atoms with Crippen LogP contribution in [0, 0.1) is 0 Å². The first-order chi connectivity index (χ1) is 9.99. The molecule has 0 aliphatic rings. The predicted molar refractivity (Wildman–Crippen MR) is 94.2 cm³/mol. The van der Waals surface area contributed by atoms with Gasteiger partial charge in [-0.3, -0.25) is 0 Å². The standard InChI is InChI=1S/C14H13Br2NO2S2/c15-11-6-7-13(16)14(10-11)21(18,19)17-8-9-20-12-4-2-1-3-5-12/h1-7,10,17H,8-9H2. The Balaban J connectivity index is 1.94. The fourth-order valence-corrected chi connectivity index (χ4v) is 5.07. The number of thioether (sulfide) groups is 1. The highest BCUT2D eigenvalue weighted by molar-refractivity contribution is 9.11. The van der Waals surface area contributed by atoms with E-state index in [4.69, 9.17) is 0 Å². The van der Waals surface area contributed by atoms with Crippen molar-refractivity contribution in [2.75, 3.05) is 12.3 Å². The van der Waals surface area contributed by atoms with Crippen molar-refractivity contribution in [1.29, 1.82) is 0 Å². The zero-order chi connectivity index (χ0) is 15.3.